The Kier molecular flexibility index (Phi) is 8.20. The number of nitrogens with zero attached hydrogens (tertiary/aromatic N) is 3. The Bertz CT molecular complexity index is 819. The van der Waals surface area contributed by atoms with Crippen LogP contribution in [0.5, 0.6) is 5.75 Å². The number of anilines is 1. The molecule has 1 radical (unpaired) electrons. The minimum atomic E-state index is -0.378. The SMILES string of the molecule is C=C(C)c1cccc(/C(C)=N/N=C(/Nc2ccc(OC)cc2)[S][Sb][CH3])n1. The number of nitrogens with one attached hydrogen (secondary N) is 1. The third-order valence-corrected chi connectivity index (χ3v) is 6.95. The van der Waals surface area contributed by atoms with Crippen LogP contribution in [-0.4, -0.2) is 43.2 Å². The number of allylic oxidation sites excluding steroid dienone is 1. The van der Waals surface area contributed by atoms with Gasteiger partial charge in [0.15, 0.2) is 0 Å². The molecular formula is C19H22N4OSSb. The van der Waals surface area contributed by atoms with Crippen molar-refractivity contribution in [3.63, 3.8) is 0 Å². The molecule has 0 aliphatic rings. The van der Waals surface area contributed by atoms with Gasteiger partial charge < -0.3 is 0 Å². The molecule has 0 fully saturated rings. The Labute approximate surface area is 168 Å². The molecule has 1 heterocycles. The zero-order valence-electron chi connectivity index (χ0n) is 15.4. The summed E-state index contributed by atoms with van der Waals surface area (Å²) >= 11 is -0.378. The Balaban J connectivity index is 2.19. The zero-order chi connectivity index (χ0) is 18.9. The van der Waals surface area contributed by atoms with Crippen LogP contribution in [0.2, 0.25) is 4.87 Å². The molecule has 1 N–H and O–H groups in total. The Morgan fingerprint density at radius 2 is 1.81 bits per heavy atom. The number of hydrogen-bond donors (Lipinski definition) is 1. The number of methoxy groups -OCH3 is 1. The van der Waals surface area contributed by atoms with Crippen molar-refractivity contribution in [2.45, 2.75) is 18.7 Å². The number of ether oxygens (including phenoxy) is 1. The van der Waals surface area contributed by atoms with Crippen molar-refractivity contribution in [2.24, 2.45) is 10.2 Å². The van der Waals surface area contributed by atoms with E-state index in [-0.39, 0.29) is 20.2 Å². The second-order valence-electron chi connectivity index (χ2n) is 5.41. The van der Waals surface area contributed by atoms with Crippen molar-refractivity contribution >= 4 is 51.2 Å². The normalized spacial score (nSPS) is 12.0. The van der Waals surface area contributed by atoms with E-state index < -0.39 is 0 Å². The van der Waals surface area contributed by atoms with Gasteiger partial charge in [0, 0.05) is 0 Å². The van der Waals surface area contributed by atoms with Crippen LogP contribution in [0.15, 0.2) is 59.2 Å². The van der Waals surface area contributed by atoms with E-state index in [0.29, 0.717) is 0 Å². The van der Waals surface area contributed by atoms with E-state index in [2.05, 4.69) is 32.0 Å². The van der Waals surface area contributed by atoms with E-state index in [1.807, 2.05) is 56.3 Å². The molecule has 0 unspecified atom stereocenters. The molecule has 7 heteroatoms. The first-order valence-corrected chi connectivity index (χ1v) is 14.4. The Morgan fingerprint density at radius 1 is 1.12 bits per heavy atom. The molecule has 0 saturated heterocycles. The standard InChI is InChI=1S/C18H20N4OS.CH3.Sb/c1-12(2)16-6-5-7-17(20-16)13(3)21-22-18(24)19-14-8-10-15(23-4)11-9-14;;/h5-11H,1H2,2-4H3,(H2,19,22,24);1H3;/q;;+1/p-1/b21-13+;;. The van der Waals surface area contributed by atoms with Gasteiger partial charge in [0.05, 0.1) is 0 Å². The van der Waals surface area contributed by atoms with Crippen molar-refractivity contribution < 1.29 is 4.74 Å². The molecule has 1 aromatic heterocycles. The predicted molar refractivity (Wildman–Crippen MR) is 114 cm³/mol. The summed E-state index contributed by atoms with van der Waals surface area (Å²) in [6, 6.07) is 13.6. The molecule has 0 spiro atoms. The van der Waals surface area contributed by atoms with Gasteiger partial charge in [-0.1, -0.05) is 0 Å². The van der Waals surface area contributed by atoms with Crippen LogP contribution in [0.25, 0.3) is 5.57 Å². The molecule has 0 aliphatic carbocycles. The molecule has 1 aromatic carbocycles. The topological polar surface area (TPSA) is 58.9 Å². The fourth-order valence-corrected chi connectivity index (χ4v) is 4.59. The third-order valence-electron chi connectivity index (χ3n) is 3.37. The van der Waals surface area contributed by atoms with Gasteiger partial charge in [-0.2, -0.15) is 0 Å². The Morgan fingerprint density at radius 3 is 2.42 bits per heavy atom. The van der Waals surface area contributed by atoms with E-state index in [4.69, 9.17) is 4.74 Å². The summed E-state index contributed by atoms with van der Waals surface area (Å²) in [4.78, 5) is 6.79. The molecule has 5 nitrogen and oxygen atoms in total. The molecule has 0 bridgehead atoms. The summed E-state index contributed by atoms with van der Waals surface area (Å²) in [6.45, 7) is 7.79. The Hall–Kier alpha value is -1.78. The molecule has 0 saturated carbocycles. The van der Waals surface area contributed by atoms with E-state index in [1.54, 1.807) is 16.0 Å². The average molecular weight is 476 g/mol. The van der Waals surface area contributed by atoms with E-state index in [1.165, 1.54) is 0 Å². The molecule has 0 atom stereocenters. The van der Waals surface area contributed by atoms with Crippen LogP contribution < -0.4 is 10.1 Å². The molecule has 2 aromatic rings. The average Bonchev–Trinajstić information content (AvgIpc) is 2.66. The van der Waals surface area contributed by atoms with Crippen molar-refractivity contribution in [1.29, 1.82) is 0 Å². The summed E-state index contributed by atoms with van der Waals surface area (Å²) < 4.78 is 5.19. The molecule has 135 valence electrons. The van der Waals surface area contributed by atoms with Crippen LogP contribution >= 0.6 is 8.85 Å². The van der Waals surface area contributed by atoms with Crippen molar-refractivity contribution in [2.75, 3.05) is 12.4 Å². The summed E-state index contributed by atoms with van der Waals surface area (Å²) in [5.74, 6) is 0.824. The van der Waals surface area contributed by atoms with Crippen LogP contribution in [0.3, 0.4) is 0 Å². The third kappa shape index (κ3) is 6.18. The van der Waals surface area contributed by atoms with Crippen LogP contribution in [0, 0.1) is 0 Å². The predicted octanol–water partition coefficient (Wildman–Crippen LogP) is 4.72. The maximum absolute atomic E-state index is 5.19. The molecule has 0 aliphatic heterocycles. The van der Waals surface area contributed by atoms with Gasteiger partial charge in [0.25, 0.3) is 0 Å². The first-order chi connectivity index (χ1) is 12.5. The van der Waals surface area contributed by atoms with Gasteiger partial charge >= 0.3 is 168 Å². The summed E-state index contributed by atoms with van der Waals surface area (Å²) in [6.07, 6.45) is 0. The van der Waals surface area contributed by atoms with Crippen LogP contribution in [0.4, 0.5) is 5.69 Å². The summed E-state index contributed by atoms with van der Waals surface area (Å²) in [5, 5.41) is 12.9. The van der Waals surface area contributed by atoms with Crippen molar-refractivity contribution in [3.8, 4) is 5.75 Å². The second-order valence-corrected chi connectivity index (χ2v) is 11.0. The monoisotopic (exact) mass is 475 g/mol. The van der Waals surface area contributed by atoms with Crippen molar-refractivity contribution in [3.05, 3.63) is 60.4 Å². The van der Waals surface area contributed by atoms with Gasteiger partial charge in [-0.3, -0.25) is 0 Å². The first-order valence-electron chi connectivity index (χ1n) is 7.96. The summed E-state index contributed by atoms with van der Waals surface area (Å²) in [7, 11) is 3.40. The summed E-state index contributed by atoms with van der Waals surface area (Å²) in [5.41, 5.74) is 4.32. The molecule has 2 rings (SSSR count). The van der Waals surface area contributed by atoms with Gasteiger partial charge in [0.2, 0.25) is 0 Å². The number of pyridine rings is 1. The van der Waals surface area contributed by atoms with Crippen molar-refractivity contribution in [1.82, 2.24) is 4.98 Å². The van der Waals surface area contributed by atoms with Gasteiger partial charge in [-0.05, 0) is 0 Å². The quantitative estimate of drug-likeness (QED) is 0.284. The molecule has 0 amide bonds. The van der Waals surface area contributed by atoms with E-state index in [9.17, 15) is 0 Å². The number of benzene rings is 1. The van der Waals surface area contributed by atoms with Gasteiger partial charge in [-0.25, -0.2) is 0 Å². The van der Waals surface area contributed by atoms with Crippen LogP contribution in [0.1, 0.15) is 25.2 Å². The van der Waals surface area contributed by atoms with Gasteiger partial charge in [-0.15, -0.1) is 0 Å². The molecule has 26 heavy (non-hydrogen) atoms. The fraction of sp³-hybridized carbons (Fsp3) is 0.211. The van der Waals surface area contributed by atoms with E-state index in [0.717, 1.165) is 39.3 Å². The van der Waals surface area contributed by atoms with Gasteiger partial charge in [0.1, 0.15) is 0 Å². The maximum atomic E-state index is 5.19. The number of aromatic nitrogens is 1. The number of amidine groups is 1. The number of rotatable bonds is 6. The van der Waals surface area contributed by atoms with E-state index >= 15 is 0 Å². The second kappa shape index (κ2) is 10.4. The minimum absolute atomic E-state index is 0.378. The number of hydrogen-bond acceptors (Lipinski definition) is 5. The first kappa shape index (κ1) is 20.5. The zero-order valence-corrected chi connectivity index (χ0v) is 18.7. The fourth-order valence-electron chi connectivity index (χ4n) is 2.00. The molecular weight excluding hydrogens is 454 g/mol. The van der Waals surface area contributed by atoms with Crippen LogP contribution in [-0.2, 0) is 0 Å².